The van der Waals surface area contributed by atoms with Gasteiger partial charge in [0.25, 0.3) is 0 Å². The van der Waals surface area contributed by atoms with Gasteiger partial charge in [0.1, 0.15) is 6.61 Å². The van der Waals surface area contributed by atoms with E-state index in [1.165, 1.54) is 0 Å². The average Bonchev–Trinajstić information content (AvgIpc) is 2.77. The fraction of sp³-hybridized carbons (Fsp3) is 0.269. The normalized spacial score (nSPS) is 10.7. The fourth-order valence-corrected chi connectivity index (χ4v) is 3.40. The van der Waals surface area contributed by atoms with Gasteiger partial charge in [-0.25, -0.2) is 0 Å². The Morgan fingerprint density at radius 1 is 0.969 bits per heavy atom. The van der Waals surface area contributed by atoms with Crippen molar-refractivity contribution < 1.29 is 14.3 Å². The quantitative estimate of drug-likeness (QED) is 0.367. The Kier molecular flexibility index (Phi) is 8.40. The Balaban J connectivity index is 1.60. The summed E-state index contributed by atoms with van der Waals surface area (Å²) in [5, 5.41) is 7.01. The van der Waals surface area contributed by atoms with Gasteiger partial charge >= 0.3 is 0 Å². The van der Waals surface area contributed by atoms with Crippen molar-refractivity contribution in [2.75, 3.05) is 17.7 Å². The number of nitrogens with one attached hydrogen (secondary N) is 2. The molecule has 0 aliphatic heterocycles. The maximum absolute atomic E-state index is 12.0. The van der Waals surface area contributed by atoms with E-state index in [-0.39, 0.29) is 5.91 Å². The molecule has 0 bridgehead atoms. The van der Waals surface area contributed by atoms with Crippen molar-refractivity contribution in [3.05, 3.63) is 82.9 Å². The second kappa shape index (κ2) is 11.4. The zero-order chi connectivity index (χ0) is 22.9. The molecule has 0 aromatic heterocycles. The molecule has 0 unspecified atom stereocenters. The highest BCUT2D eigenvalue weighted by Crippen LogP contribution is 2.30. The van der Waals surface area contributed by atoms with Crippen LogP contribution in [0.1, 0.15) is 31.4 Å². The number of hydrogen-bond donors (Lipinski definition) is 2. The molecule has 0 aliphatic carbocycles. The van der Waals surface area contributed by atoms with Gasteiger partial charge in [-0.3, -0.25) is 4.79 Å². The zero-order valence-electron chi connectivity index (χ0n) is 18.7. The molecule has 32 heavy (non-hydrogen) atoms. The molecule has 0 radical (unpaired) electrons. The predicted molar refractivity (Wildman–Crippen MR) is 131 cm³/mol. The second-order valence-corrected chi connectivity index (χ2v) is 8.35. The summed E-state index contributed by atoms with van der Waals surface area (Å²) in [5.74, 6) is 1.66. The van der Waals surface area contributed by atoms with Crippen LogP contribution in [0.2, 0.25) is 5.02 Å². The number of halogens is 1. The lowest BCUT2D eigenvalue weighted by atomic mass is 10.1. The number of ether oxygens (including phenoxy) is 2. The maximum Gasteiger partial charge on any atom is 0.224 e. The van der Waals surface area contributed by atoms with Crippen LogP contribution in [0, 0.1) is 5.92 Å². The minimum atomic E-state index is 0.0225. The molecule has 1 amide bonds. The van der Waals surface area contributed by atoms with Crippen molar-refractivity contribution >= 4 is 28.9 Å². The molecule has 3 rings (SSSR count). The Morgan fingerprint density at radius 2 is 1.75 bits per heavy atom. The van der Waals surface area contributed by atoms with Gasteiger partial charge in [-0.15, -0.1) is 0 Å². The summed E-state index contributed by atoms with van der Waals surface area (Å²) in [5.41, 5.74) is 3.66. The molecule has 168 valence electrons. The lowest BCUT2D eigenvalue weighted by Crippen LogP contribution is -2.13. The topological polar surface area (TPSA) is 59.6 Å². The van der Waals surface area contributed by atoms with Gasteiger partial charge in [-0.1, -0.05) is 55.8 Å². The summed E-state index contributed by atoms with van der Waals surface area (Å²) < 4.78 is 11.4. The largest absolute Gasteiger partial charge is 0.493 e. The first-order chi connectivity index (χ1) is 15.4. The van der Waals surface area contributed by atoms with Crippen LogP contribution in [0.15, 0.2) is 66.7 Å². The third kappa shape index (κ3) is 6.92. The molecule has 6 heteroatoms. The number of hydrogen-bond acceptors (Lipinski definition) is 4. The molecule has 3 aromatic rings. The van der Waals surface area contributed by atoms with E-state index in [4.69, 9.17) is 21.1 Å². The fourth-order valence-electron chi connectivity index (χ4n) is 3.21. The van der Waals surface area contributed by atoms with Crippen molar-refractivity contribution in [3.8, 4) is 11.5 Å². The lowest BCUT2D eigenvalue weighted by molar-refractivity contribution is -0.116. The van der Waals surface area contributed by atoms with E-state index in [0.29, 0.717) is 42.0 Å². The number of benzene rings is 3. The molecule has 3 aromatic carbocycles. The first kappa shape index (κ1) is 23.5. The van der Waals surface area contributed by atoms with E-state index in [1.807, 2.05) is 80.6 Å². The van der Waals surface area contributed by atoms with Crippen LogP contribution < -0.4 is 20.1 Å². The third-order valence-electron chi connectivity index (χ3n) is 4.81. The molecule has 0 saturated heterocycles. The summed E-state index contributed by atoms with van der Waals surface area (Å²) in [6.45, 7) is 5.02. The Morgan fingerprint density at radius 3 is 2.50 bits per heavy atom. The van der Waals surface area contributed by atoms with Crippen molar-refractivity contribution in [1.29, 1.82) is 0 Å². The lowest BCUT2D eigenvalue weighted by Gasteiger charge is -2.14. The number of anilines is 2. The van der Waals surface area contributed by atoms with Gasteiger partial charge in [0.15, 0.2) is 11.5 Å². The molecule has 5 nitrogen and oxygen atoms in total. The molecule has 0 spiro atoms. The number of carbonyl (C=O) groups excluding carboxylic acids is 1. The molecule has 0 heterocycles. The number of amides is 1. The number of rotatable bonds is 10. The summed E-state index contributed by atoms with van der Waals surface area (Å²) >= 11 is 6.21. The Labute approximate surface area is 194 Å². The molecule has 0 saturated carbocycles. The maximum atomic E-state index is 12.0. The minimum Gasteiger partial charge on any atom is -0.493 e. The van der Waals surface area contributed by atoms with Gasteiger partial charge in [-0.2, -0.15) is 0 Å². The van der Waals surface area contributed by atoms with Crippen LogP contribution in [-0.2, 0) is 17.9 Å². The predicted octanol–water partition coefficient (Wildman–Crippen LogP) is 6.52. The molecular weight excluding hydrogens is 424 g/mol. The first-order valence-electron chi connectivity index (χ1n) is 10.6. The van der Waals surface area contributed by atoms with Gasteiger partial charge in [0.05, 0.1) is 7.11 Å². The summed E-state index contributed by atoms with van der Waals surface area (Å²) in [7, 11) is 1.62. The highest BCUT2D eigenvalue weighted by molar-refractivity contribution is 6.31. The standard InChI is InChI=1S/C26H29ClN2O3/c1-18(2)13-26(30)29-22-9-6-8-21(15-22)28-16-19-11-12-24(25(14-19)31-3)32-17-20-7-4-5-10-23(20)27/h4-12,14-15,18,28H,13,16-17H2,1-3H3,(H,29,30). The smallest absolute Gasteiger partial charge is 0.224 e. The van der Waals surface area contributed by atoms with Crippen molar-refractivity contribution in [2.24, 2.45) is 5.92 Å². The first-order valence-corrected chi connectivity index (χ1v) is 11.0. The van der Waals surface area contributed by atoms with Gasteiger partial charge in [0.2, 0.25) is 5.91 Å². The molecule has 2 N–H and O–H groups in total. The van der Waals surface area contributed by atoms with Crippen LogP contribution in [0.4, 0.5) is 11.4 Å². The summed E-state index contributed by atoms with van der Waals surface area (Å²) in [6, 6.07) is 21.1. The third-order valence-corrected chi connectivity index (χ3v) is 5.17. The summed E-state index contributed by atoms with van der Waals surface area (Å²) in [4.78, 5) is 12.0. The average molecular weight is 453 g/mol. The molecule has 0 aliphatic rings. The molecule has 0 atom stereocenters. The zero-order valence-corrected chi connectivity index (χ0v) is 19.4. The summed E-state index contributed by atoms with van der Waals surface area (Å²) in [6.07, 6.45) is 0.502. The van der Waals surface area contributed by atoms with E-state index < -0.39 is 0 Å². The van der Waals surface area contributed by atoms with Crippen LogP contribution in [-0.4, -0.2) is 13.0 Å². The highest BCUT2D eigenvalue weighted by Gasteiger charge is 2.09. The number of carbonyl (C=O) groups is 1. The van der Waals surface area contributed by atoms with E-state index >= 15 is 0 Å². The Bertz CT molecular complexity index is 1050. The van der Waals surface area contributed by atoms with Gasteiger partial charge < -0.3 is 20.1 Å². The second-order valence-electron chi connectivity index (χ2n) is 7.95. The van der Waals surface area contributed by atoms with E-state index in [0.717, 1.165) is 22.5 Å². The molecular formula is C26H29ClN2O3. The van der Waals surface area contributed by atoms with Crippen LogP contribution >= 0.6 is 11.6 Å². The van der Waals surface area contributed by atoms with E-state index in [2.05, 4.69) is 10.6 Å². The molecule has 0 fully saturated rings. The SMILES string of the molecule is COc1cc(CNc2cccc(NC(=O)CC(C)C)c2)ccc1OCc1ccccc1Cl. The van der Waals surface area contributed by atoms with Crippen molar-refractivity contribution in [2.45, 2.75) is 33.4 Å². The number of methoxy groups -OCH3 is 1. The van der Waals surface area contributed by atoms with Crippen LogP contribution in [0.25, 0.3) is 0 Å². The van der Waals surface area contributed by atoms with E-state index in [1.54, 1.807) is 7.11 Å². The van der Waals surface area contributed by atoms with Gasteiger partial charge in [0, 0.05) is 34.9 Å². The van der Waals surface area contributed by atoms with Gasteiger partial charge in [-0.05, 0) is 47.9 Å². The van der Waals surface area contributed by atoms with Crippen LogP contribution in [0.3, 0.4) is 0 Å². The van der Waals surface area contributed by atoms with E-state index in [9.17, 15) is 4.79 Å². The Hall–Kier alpha value is -3.18. The minimum absolute atomic E-state index is 0.0225. The van der Waals surface area contributed by atoms with Crippen LogP contribution in [0.5, 0.6) is 11.5 Å². The highest BCUT2D eigenvalue weighted by atomic mass is 35.5. The van der Waals surface area contributed by atoms with Crippen molar-refractivity contribution in [3.63, 3.8) is 0 Å². The van der Waals surface area contributed by atoms with Crippen molar-refractivity contribution in [1.82, 2.24) is 0 Å². The monoisotopic (exact) mass is 452 g/mol.